The number of benzene rings is 1. The van der Waals surface area contributed by atoms with Crippen molar-refractivity contribution in [3.8, 4) is 11.3 Å². The van der Waals surface area contributed by atoms with Crippen LogP contribution in [0.4, 0.5) is 0 Å². The summed E-state index contributed by atoms with van der Waals surface area (Å²) in [6, 6.07) is 10.4. The summed E-state index contributed by atoms with van der Waals surface area (Å²) in [5.41, 5.74) is 2.92. The summed E-state index contributed by atoms with van der Waals surface area (Å²) < 4.78 is 5.74. The number of amides is 1. The molecule has 1 aliphatic carbocycles. The van der Waals surface area contributed by atoms with Gasteiger partial charge in [-0.3, -0.25) is 4.79 Å². The van der Waals surface area contributed by atoms with Crippen LogP contribution in [0.1, 0.15) is 69.7 Å². The van der Waals surface area contributed by atoms with E-state index in [1.165, 1.54) is 0 Å². The molecule has 2 N–H and O–H groups in total. The standard InChI is InChI=1S/C27H32N6O2/c1-27(2,20-16-28-21-10-3-8-19(25(20)21)23-12-6-14-35-23)15-24(34)33-13-5-9-17-18(7-4-11-22(17)33)26-29-31-32-30-26/h3,6,8,10,12,14,16-18,22,28H,4-5,7,9,11,13,15H2,1-2H3,(H,29,30,31,32). The summed E-state index contributed by atoms with van der Waals surface area (Å²) in [6.45, 7) is 5.19. The molecule has 6 rings (SSSR count). The molecule has 3 atom stereocenters. The average molecular weight is 473 g/mol. The normalized spacial score (nSPS) is 22.9. The molecular weight excluding hydrogens is 440 g/mol. The third-order valence-electron chi connectivity index (χ3n) is 8.21. The molecule has 1 aliphatic heterocycles. The number of nitrogens with zero attached hydrogens (tertiary/aromatic N) is 4. The Morgan fingerprint density at radius 2 is 2.09 bits per heavy atom. The highest BCUT2D eigenvalue weighted by molar-refractivity contribution is 5.97. The Kier molecular flexibility index (Phi) is 5.46. The first-order chi connectivity index (χ1) is 17.0. The molecule has 4 heterocycles. The monoisotopic (exact) mass is 472 g/mol. The minimum absolute atomic E-state index is 0.242. The van der Waals surface area contributed by atoms with Crippen LogP contribution >= 0.6 is 0 Å². The van der Waals surface area contributed by atoms with Crippen LogP contribution in [0.5, 0.6) is 0 Å². The number of carbonyl (C=O) groups is 1. The maximum atomic E-state index is 13.9. The number of rotatable bonds is 5. The number of aromatic amines is 2. The van der Waals surface area contributed by atoms with Crippen molar-refractivity contribution < 1.29 is 9.21 Å². The van der Waals surface area contributed by atoms with Gasteiger partial charge in [-0.2, -0.15) is 0 Å². The maximum Gasteiger partial charge on any atom is 0.223 e. The molecule has 0 radical (unpaired) electrons. The molecule has 182 valence electrons. The van der Waals surface area contributed by atoms with E-state index in [-0.39, 0.29) is 17.4 Å². The Morgan fingerprint density at radius 1 is 1.17 bits per heavy atom. The van der Waals surface area contributed by atoms with E-state index in [2.05, 4.69) is 62.7 Å². The lowest BCUT2D eigenvalue weighted by atomic mass is 9.70. The van der Waals surface area contributed by atoms with E-state index in [4.69, 9.17) is 4.42 Å². The summed E-state index contributed by atoms with van der Waals surface area (Å²) in [5.74, 6) is 2.67. The van der Waals surface area contributed by atoms with Gasteiger partial charge in [0.05, 0.1) is 6.26 Å². The van der Waals surface area contributed by atoms with Crippen molar-refractivity contribution >= 4 is 16.8 Å². The van der Waals surface area contributed by atoms with Gasteiger partial charge in [-0.1, -0.05) is 32.4 Å². The minimum Gasteiger partial charge on any atom is -0.464 e. The molecular formula is C27H32N6O2. The fourth-order valence-corrected chi connectivity index (χ4v) is 6.59. The van der Waals surface area contributed by atoms with Crippen LogP contribution in [0.3, 0.4) is 0 Å². The fraction of sp³-hybridized carbons (Fsp3) is 0.481. The van der Waals surface area contributed by atoms with Crippen LogP contribution < -0.4 is 0 Å². The summed E-state index contributed by atoms with van der Waals surface area (Å²) in [6.07, 6.45) is 9.62. The predicted molar refractivity (Wildman–Crippen MR) is 133 cm³/mol. The number of piperidine rings is 1. The molecule has 8 heteroatoms. The van der Waals surface area contributed by atoms with E-state index >= 15 is 0 Å². The molecule has 35 heavy (non-hydrogen) atoms. The summed E-state index contributed by atoms with van der Waals surface area (Å²) in [4.78, 5) is 19.5. The molecule has 1 amide bonds. The van der Waals surface area contributed by atoms with Gasteiger partial charge in [-0.25, -0.2) is 5.10 Å². The van der Waals surface area contributed by atoms with Crippen LogP contribution in [0.2, 0.25) is 0 Å². The molecule has 3 aromatic heterocycles. The van der Waals surface area contributed by atoms with E-state index < -0.39 is 0 Å². The van der Waals surface area contributed by atoms with Crippen molar-refractivity contribution in [2.24, 2.45) is 5.92 Å². The van der Waals surface area contributed by atoms with Crippen LogP contribution in [-0.2, 0) is 10.2 Å². The molecule has 8 nitrogen and oxygen atoms in total. The summed E-state index contributed by atoms with van der Waals surface area (Å²) in [5, 5.41) is 16.0. The number of hydrogen-bond acceptors (Lipinski definition) is 5. The van der Waals surface area contributed by atoms with Crippen molar-refractivity contribution in [3.63, 3.8) is 0 Å². The van der Waals surface area contributed by atoms with Gasteiger partial charge in [0.15, 0.2) is 5.82 Å². The fourth-order valence-electron chi connectivity index (χ4n) is 6.59. The van der Waals surface area contributed by atoms with Crippen molar-refractivity contribution in [2.45, 2.75) is 69.7 Å². The van der Waals surface area contributed by atoms with Crippen LogP contribution in [0.25, 0.3) is 22.2 Å². The Balaban J connectivity index is 1.28. The Labute approximate surface area is 204 Å². The number of aromatic nitrogens is 5. The van der Waals surface area contributed by atoms with E-state index in [0.29, 0.717) is 18.3 Å². The number of H-pyrrole nitrogens is 2. The number of furan rings is 1. The topological polar surface area (TPSA) is 104 Å². The van der Waals surface area contributed by atoms with Gasteiger partial charge in [-0.15, -0.1) is 5.10 Å². The van der Waals surface area contributed by atoms with Crippen molar-refractivity contribution in [1.29, 1.82) is 0 Å². The second kappa shape index (κ2) is 8.66. The lowest BCUT2D eigenvalue weighted by molar-refractivity contribution is -0.139. The SMILES string of the molecule is CC(C)(CC(=O)N1CCCC2C(c3nnn[nH]3)CCCC21)c1c[nH]c2cccc(-c3ccco3)c12. The highest BCUT2D eigenvalue weighted by Crippen LogP contribution is 2.45. The van der Waals surface area contributed by atoms with Crippen molar-refractivity contribution in [3.05, 3.63) is 54.2 Å². The average Bonchev–Trinajstić information content (AvgIpc) is 3.64. The molecule has 1 aromatic carbocycles. The quantitative estimate of drug-likeness (QED) is 0.416. The first-order valence-corrected chi connectivity index (χ1v) is 12.7. The first-order valence-electron chi connectivity index (χ1n) is 12.7. The Bertz CT molecular complexity index is 1310. The van der Waals surface area contributed by atoms with E-state index in [9.17, 15) is 4.79 Å². The molecule has 4 aromatic rings. The second-order valence-electron chi connectivity index (χ2n) is 10.8. The number of carbonyl (C=O) groups excluding carboxylic acids is 1. The number of hydrogen-bond donors (Lipinski definition) is 2. The van der Waals surface area contributed by atoms with E-state index in [1.54, 1.807) is 6.26 Å². The molecule has 2 aliphatic rings. The molecule has 3 unspecified atom stereocenters. The van der Waals surface area contributed by atoms with Gasteiger partial charge in [0.25, 0.3) is 0 Å². The Hall–Kier alpha value is -3.42. The molecule has 1 saturated heterocycles. The third-order valence-corrected chi connectivity index (χ3v) is 8.21. The number of nitrogens with one attached hydrogen (secondary N) is 2. The van der Waals surface area contributed by atoms with Gasteiger partial charge in [0.1, 0.15) is 5.76 Å². The minimum atomic E-state index is -0.339. The van der Waals surface area contributed by atoms with E-state index in [1.807, 2.05) is 18.2 Å². The third kappa shape index (κ3) is 3.85. The zero-order valence-corrected chi connectivity index (χ0v) is 20.3. The number of tetrazole rings is 1. The molecule has 1 saturated carbocycles. The smallest absolute Gasteiger partial charge is 0.223 e. The number of likely N-dealkylation sites (tertiary alicyclic amines) is 1. The van der Waals surface area contributed by atoms with Gasteiger partial charge in [0, 0.05) is 53.0 Å². The van der Waals surface area contributed by atoms with Gasteiger partial charge >= 0.3 is 0 Å². The van der Waals surface area contributed by atoms with Crippen LogP contribution in [0, 0.1) is 5.92 Å². The zero-order valence-electron chi connectivity index (χ0n) is 20.3. The molecule has 0 spiro atoms. The van der Waals surface area contributed by atoms with Crippen molar-refractivity contribution in [2.75, 3.05) is 6.54 Å². The molecule has 2 fully saturated rings. The lowest BCUT2D eigenvalue weighted by Crippen LogP contribution is -2.52. The van der Waals surface area contributed by atoms with Gasteiger partial charge in [-0.05, 0) is 65.8 Å². The van der Waals surface area contributed by atoms with Crippen LogP contribution in [0.15, 0.2) is 47.2 Å². The molecule has 0 bridgehead atoms. The zero-order chi connectivity index (χ0) is 24.0. The Morgan fingerprint density at radius 3 is 2.89 bits per heavy atom. The maximum absolute atomic E-state index is 13.9. The van der Waals surface area contributed by atoms with Gasteiger partial charge < -0.3 is 14.3 Å². The van der Waals surface area contributed by atoms with Crippen LogP contribution in [-0.4, -0.2) is 49.0 Å². The largest absolute Gasteiger partial charge is 0.464 e. The lowest BCUT2D eigenvalue weighted by Gasteiger charge is -2.47. The highest BCUT2D eigenvalue weighted by atomic mass is 16.3. The van der Waals surface area contributed by atoms with Gasteiger partial charge in [0.2, 0.25) is 5.91 Å². The van der Waals surface area contributed by atoms with E-state index in [0.717, 1.165) is 72.3 Å². The summed E-state index contributed by atoms with van der Waals surface area (Å²) in [7, 11) is 0. The second-order valence-corrected chi connectivity index (χ2v) is 10.8. The van der Waals surface area contributed by atoms with Crippen molar-refractivity contribution in [1.82, 2.24) is 30.5 Å². The predicted octanol–water partition coefficient (Wildman–Crippen LogP) is 5.18. The first kappa shape index (κ1) is 22.1. The summed E-state index contributed by atoms with van der Waals surface area (Å²) >= 11 is 0. The number of fused-ring (bicyclic) bond motifs is 2. The highest BCUT2D eigenvalue weighted by Gasteiger charge is 2.43.